The highest BCUT2D eigenvalue weighted by Gasteiger charge is 2.41. The third kappa shape index (κ3) is 13.7. The standard InChI is InChI=1S/C19H40O4.C3H6/c1-6-10-11-12-13-14-15-18(16-17-20-5)19(21-7-2,22-8-3)23-9-4;1-3-2/h18H,6-17H2,1-5H3;3H,1H2,2H3. The first kappa shape index (κ1) is 27.8. The van der Waals surface area contributed by atoms with E-state index in [1.54, 1.807) is 13.2 Å². The van der Waals surface area contributed by atoms with E-state index in [2.05, 4.69) is 13.5 Å². The Labute approximate surface area is 163 Å². The molecule has 0 amide bonds. The van der Waals surface area contributed by atoms with Gasteiger partial charge in [-0.15, -0.1) is 6.58 Å². The van der Waals surface area contributed by atoms with E-state index < -0.39 is 5.97 Å². The molecule has 0 heterocycles. The molecule has 1 atom stereocenters. The number of hydrogen-bond donors (Lipinski definition) is 0. The number of allylic oxidation sites excluding steroid dienone is 1. The van der Waals surface area contributed by atoms with E-state index in [0.29, 0.717) is 26.4 Å². The quantitative estimate of drug-likeness (QED) is 0.169. The van der Waals surface area contributed by atoms with Crippen molar-refractivity contribution in [3.05, 3.63) is 12.7 Å². The topological polar surface area (TPSA) is 36.9 Å². The van der Waals surface area contributed by atoms with Crippen LogP contribution in [0.4, 0.5) is 0 Å². The van der Waals surface area contributed by atoms with Crippen LogP contribution in [-0.2, 0) is 18.9 Å². The van der Waals surface area contributed by atoms with Crippen molar-refractivity contribution in [3.8, 4) is 0 Å². The van der Waals surface area contributed by atoms with Crippen LogP contribution in [0.25, 0.3) is 0 Å². The second kappa shape index (κ2) is 20.9. The second-order valence-corrected chi connectivity index (χ2v) is 6.35. The smallest absolute Gasteiger partial charge is 0.285 e. The molecule has 0 fully saturated rings. The van der Waals surface area contributed by atoms with E-state index in [4.69, 9.17) is 18.9 Å². The number of rotatable bonds is 17. The molecule has 0 spiro atoms. The summed E-state index contributed by atoms with van der Waals surface area (Å²) in [6, 6.07) is 0. The number of ether oxygens (including phenoxy) is 4. The highest BCUT2D eigenvalue weighted by atomic mass is 16.9. The van der Waals surface area contributed by atoms with Gasteiger partial charge in [-0.05, 0) is 40.5 Å². The Morgan fingerprint density at radius 3 is 1.69 bits per heavy atom. The van der Waals surface area contributed by atoms with E-state index >= 15 is 0 Å². The van der Waals surface area contributed by atoms with Gasteiger partial charge in [0.05, 0.1) is 0 Å². The Balaban J connectivity index is 0. The van der Waals surface area contributed by atoms with E-state index in [9.17, 15) is 0 Å². The molecule has 0 aliphatic heterocycles. The average molecular weight is 375 g/mol. The molecule has 0 saturated heterocycles. The van der Waals surface area contributed by atoms with Crippen molar-refractivity contribution in [2.45, 2.75) is 92.0 Å². The largest absolute Gasteiger partial charge is 0.385 e. The zero-order chi connectivity index (χ0) is 20.1. The first-order chi connectivity index (χ1) is 12.6. The summed E-state index contributed by atoms with van der Waals surface area (Å²) in [6.45, 7) is 15.9. The van der Waals surface area contributed by atoms with Gasteiger partial charge in [-0.25, -0.2) is 0 Å². The van der Waals surface area contributed by atoms with E-state index in [-0.39, 0.29) is 5.92 Å². The molecule has 0 aromatic carbocycles. The number of methoxy groups -OCH3 is 1. The Morgan fingerprint density at radius 2 is 1.27 bits per heavy atom. The minimum atomic E-state index is -0.916. The highest BCUT2D eigenvalue weighted by Crippen LogP contribution is 2.33. The van der Waals surface area contributed by atoms with Crippen LogP contribution >= 0.6 is 0 Å². The van der Waals surface area contributed by atoms with Gasteiger partial charge in [-0.1, -0.05) is 51.5 Å². The minimum Gasteiger partial charge on any atom is -0.385 e. The average Bonchev–Trinajstić information content (AvgIpc) is 2.61. The minimum absolute atomic E-state index is 0.202. The lowest BCUT2D eigenvalue weighted by atomic mass is 9.94. The predicted molar refractivity (Wildman–Crippen MR) is 111 cm³/mol. The van der Waals surface area contributed by atoms with Gasteiger partial charge in [0.25, 0.3) is 5.97 Å². The molecular weight excluding hydrogens is 328 g/mol. The molecule has 158 valence electrons. The summed E-state index contributed by atoms with van der Waals surface area (Å²) in [4.78, 5) is 0. The lowest BCUT2D eigenvalue weighted by molar-refractivity contribution is -0.403. The first-order valence-electron chi connectivity index (χ1n) is 10.6. The maximum Gasteiger partial charge on any atom is 0.285 e. The zero-order valence-electron chi connectivity index (χ0n) is 18.5. The summed E-state index contributed by atoms with van der Waals surface area (Å²) in [5.41, 5.74) is 0. The van der Waals surface area contributed by atoms with Gasteiger partial charge in [0.2, 0.25) is 0 Å². The molecule has 0 aliphatic carbocycles. The fourth-order valence-corrected chi connectivity index (χ4v) is 3.01. The molecular formula is C22H46O4. The molecule has 0 saturated carbocycles. The molecule has 0 aromatic rings. The van der Waals surface area contributed by atoms with Crippen LogP contribution < -0.4 is 0 Å². The van der Waals surface area contributed by atoms with E-state index in [1.807, 2.05) is 27.7 Å². The summed E-state index contributed by atoms with van der Waals surface area (Å²) in [5, 5.41) is 0. The predicted octanol–water partition coefficient (Wildman–Crippen LogP) is 6.35. The van der Waals surface area contributed by atoms with Gasteiger partial charge >= 0.3 is 0 Å². The van der Waals surface area contributed by atoms with Crippen molar-refractivity contribution in [2.24, 2.45) is 5.92 Å². The fourth-order valence-electron chi connectivity index (χ4n) is 3.01. The van der Waals surface area contributed by atoms with Crippen LogP contribution in [0.5, 0.6) is 0 Å². The lowest BCUT2D eigenvalue weighted by Gasteiger charge is -2.39. The van der Waals surface area contributed by atoms with Gasteiger partial charge in [0.1, 0.15) is 0 Å². The van der Waals surface area contributed by atoms with Crippen molar-refractivity contribution in [1.29, 1.82) is 0 Å². The Morgan fingerprint density at radius 1 is 0.808 bits per heavy atom. The highest BCUT2D eigenvalue weighted by molar-refractivity contribution is 4.73. The molecule has 0 aromatic heterocycles. The molecule has 0 radical (unpaired) electrons. The third-order valence-corrected chi connectivity index (χ3v) is 4.11. The lowest BCUT2D eigenvalue weighted by Crippen LogP contribution is -2.47. The first-order valence-corrected chi connectivity index (χ1v) is 10.6. The molecule has 4 nitrogen and oxygen atoms in total. The van der Waals surface area contributed by atoms with E-state index in [0.717, 1.165) is 12.8 Å². The van der Waals surface area contributed by atoms with Gasteiger partial charge < -0.3 is 18.9 Å². The fraction of sp³-hybridized carbons (Fsp3) is 0.909. The van der Waals surface area contributed by atoms with Crippen LogP contribution in [0.3, 0.4) is 0 Å². The van der Waals surface area contributed by atoms with Crippen LogP contribution in [0.1, 0.15) is 86.0 Å². The monoisotopic (exact) mass is 374 g/mol. The Kier molecular flexibility index (Phi) is 22.3. The second-order valence-electron chi connectivity index (χ2n) is 6.35. The Hall–Kier alpha value is -0.420. The van der Waals surface area contributed by atoms with Crippen LogP contribution in [0.2, 0.25) is 0 Å². The molecule has 0 bridgehead atoms. The Bertz CT molecular complexity index is 264. The van der Waals surface area contributed by atoms with Gasteiger partial charge in [0, 0.05) is 39.5 Å². The van der Waals surface area contributed by atoms with Crippen molar-refractivity contribution >= 4 is 0 Å². The van der Waals surface area contributed by atoms with Crippen LogP contribution in [0, 0.1) is 5.92 Å². The molecule has 0 rings (SSSR count). The summed E-state index contributed by atoms with van der Waals surface area (Å²) >= 11 is 0. The van der Waals surface area contributed by atoms with Gasteiger partial charge in [-0.3, -0.25) is 0 Å². The summed E-state index contributed by atoms with van der Waals surface area (Å²) in [5.74, 6) is -0.714. The van der Waals surface area contributed by atoms with Crippen LogP contribution in [0.15, 0.2) is 12.7 Å². The molecule has 26 heavy (non-hydrogen) atoms. The zero-order valence-corrected chi connectivity index (χ0v) is 18.5. The molecule has 0 N–H and O–H groups in total. The number of unbranched alkanes of at least 4 members (excludes halogenated alkanes) is 5. The maximum absolute atomic E-state index is 5.97. The maximum atomic E-state index is 5.97. The van der Waals surface area contributed by atoms with Crippen molar-refractivity contribution in [3.63, 3.8) is 0 Å². The van der Waals surface area contributed by atoms with Crippen molar-refractivity contribution < 1.29 is 18.9 Å². The summed E-state index contributed by atoms with van der Waals surface area (Å²) in [7, 11) is 1.74. The summed E-state index contributed by atoms with van der Waals surface area (Å²) in [6.07, 6.45) is 11.4. The SMILES string of the molecule is C=CC.CCCCCCCCC(CCOC)C(OCC)(OCC)OCC. The van der Waals surface area contributed by atoms with Crippen molar-refractivity contribution in [2.75, 3.05) is 33.5 Å². The summed E-state index contributed by atoms with van der Waals surface area (Å²) < 4.78 is 23.2. The number of hydrogen-bond acceptors (Lipinski definition) is 4. The van der Waals surface area contributed by atoms with Gasteiger partial charge in [-0.2, -0.15) is 0 Å². The van der Waals surface area contributed by atoms with Gasteiger partial charge in [0.15, 0.2) is 0 Å². The normalized spacial score (nSPS) is 12.4. The molecule has 1 unspecified atom stereocenters. The van der Waals surface area contributed by atoms with Crippen molar-refractivity contribution in [1.82, 2.24) is 0 Å². The van der Waals surface area contributed by atoms with E-state index in [1.165, 1.54) is 38.5 Å². The third-order valence-electron chi connectivity index (χ3n) is 4.11. The molecule has 4 heteroatoms. The van der Waals surface area contributed by atoms with Crippen LogP contribution in [-0.4, -0.2) is 39.5 Å². The molecule has 0 aliphatic rings.